The molecule has 0 bridgehead atoms. The van der Waals surface area contributed by atoms with Crippen LogP contribution in [-0.2, 0) is 6.54 Å². The molecule has 0 aromatic carbocycles. The number of aryl methyl sites for hydroxylation is 1. The summed E-state index contributed by atoms with van der Waals surface area (Å²) in [4.78, 5) is 12.5. The highest BCUT2D eigenvalue weighted by molar-refractivity contribution is 5.96. The second-order valence-corrected chi connectivity index (χ2v) is 5.67. The lowest BCUT2D eigenvalue weighted by Crippen LogP contribution is -2.51. The number of amides is 1. The maximum atomic E-state index is 12.5. The molecule has 0 aliphatic heterocycles. The summed E-state index contributed by atoms with van der Waals surface area (Å²) in [6.07, 6.45) is 4.32. The van der Waals surface area contributed by atoms with Crippen LogP contribution in [0.25, 0.3) is 0 Å². The Labute approximate surface area is 115 Å². The lowest BCUT2D eigenvalue weighted by molar-refractivity contribution is 0.0902. The molecule has 1 aliphatic rings. The molecule has 0 spiro atoms. The monoisotopic (exact) mass is 263 g/mol. The molecular weight excluding hydrogens is 238 g/mol. The highest BCUT2D eigenvalue weighted by atomic mass is 16.1. The minimum atomic E-state index is -0.175. The maximum Gasteiger partial charge on any atom is 0.253 e. The van der Waals surface area contributed by atoms with E-state index in [2.05, 4.69) is 16.8 Å². The summed E-state index contributed by atoms with van der Waals surface area (Å²) < 4.78 is 2.17. The molecule has 2 rings (SSSR count). The van der Waals surface area contributed by atoms with Crippen LogP contribution in [0.2, 0.25) is 0 Å². The number of rotatable bonds is 4. The molecule has 1 heterocycles. The molecule has 1 aromatic rings. The van der Waals surface area contributed by atoms with E-state index in [1.807, 2.05) is 19.9 Å². The van der Waals surface area contributed by atoms with Crippen LogP contribution in [0.1, 0.15) is 54.4 Å². The van der Waals surface area contributed by atoms with Crippen molar-refractivity contribution in [2.24, 2.45) is 5.73 Å². The number of nitrogens with two attached hydrogens (primary N) is 1. The molecule has 4 nitrogen and oxygen atoms in total. The Morgan fingerprint density at radius 3 is 2.53 bits per heavy atom. The van der Waals surface area contributed by atoms with Crippen LogP contribution >= 0.6 is 0 Å². The normalized spacial score (nSPS) is 17.7. The van der Waals surface area contributed by atoms with E-state index in [0.717, 1.165) is 49.2 Å². The zero-order valence-electron chi connectivity index (χ0n) is 12.3. The number of carbonyl (C=O) groups is 1. The molecule has 19 heavy (non-hydrogen) atoms. The van der Waals surface area contributed by atoms with Crippen molar-refractivity contribution in [3.8, 4) is 0 Å². The van der Waals surface area contributed by atoms with Crippen molar-refractivity contribution >= 4 is 5.91 Å². The zero-order chi connectivity index (χ0) is 14.0. The summed E-state index contributed by atoms with van der Waals surface area (Å²) in [5.74, 6) is 0.0279. The average Bonchev–Trinajstić information content (AvgIpc) is 2.95. The van der Waals surface area contributed by atoms with E-state index in [4.69, 9.17) is 5.73 Å². The Bertz CT molecular complexity index is 470. The summed E-state index contributed by atoms with van der Waals surface area (Å²) in [6, 6.07) is 1.98. The fourth-order valence-corrected chi connectivity index (χ4v) is 3.26. The molecule has 106 valence electrons. The largest absolute Gasteiger partial charge is 0.349 e. The first-order valence-electron chi connectivity index (χ1n) is 7.22. The van der Waals surface area contributed by atoms with Crippen molar-refractivity contribution < 1.29 is 4.79 Å². The summed E-state index contributed by atoms with van der Waals surface area (Å²) >= 11 is 0. The van der Waals surface area contributed by atoms with E-state index in [0.29, 0.717) is 6.54 Å². The van der Waals surface area contributed by atoms with Crippen molar-refractivity contribution in [2.45, 2.75) is 58.5 Å². The predicted octanol–water partition coefficient (Wildman–Crippen LogP) is 2.13. The molecule has 4 heteroatoms. The number of nitrogens with zero attached hydrogens (tertiary/aromatic N) is 1. The van der Waals surface area contributed by atoms with Gasteiger partial charge in [-0.3, -0.25) is 4.79 Å². The number of nitrogens with one attached hydrogen (secondary N) is 1. The van der Waals surface area contributed by atoms with E-state index < -0.39 is 0 Å². The summed E-state index contributed by atoms with van der Waals surface area (Å²) in [5, 5.41) is 3.19. The molecule has 1 aromatic heterocycles. The molecule has 1 saturated carbocycles. The quantitative estimate of drug-likeness (QED) is 0.874. The van der Waals surface area contributed by atoms with Gasteiger partial charge in [-0.2, -0.15) is 0 Å². The van der Waals surface area contributed by atoms with Crippen molar-refractivity contribution in [1.29, 1.82) is 0 Å². The Kier molecular flexibility index (Phi) is 3.99. The summed E-state index contributed by atoms with van der Waals surface area (Å²) in [5.41, 5.74) is 8.67. The Hall–Kier alpha value is -1.29. The van der Waals surface area contributed by atoms with Crippen LogP contribution < -0.4 is 11.1 Å². The van der Waals surface area contributed by atoms with E-state index in [1.54, 1.807) is 0 Å². The first-order chi connectivity index (χ1) is 9.03. The van der Waals surface area contributed by atoms with Crippen LogP contribution in [0, 0.1) is 13.8 Å². The fraction of sp³-hybridized carbons (Fsp3) is 0.667. The number of aromatic nitrogens is 1. The topological polar surface area (TPSA) is 60.0 Å². The molecule has 0 atom stereocenters. The molecule has 0 saturated heterocycles. The molecule has 1 amide bonds. The number of carbonyl (C=O) groups excluding carboxylic acids is 1. The summed E-state index contributed by atoms with van der Waals surface area (Å²) in [6.45, 7) is 7.58. The fourth-order valence-electron chi connectivity index (χ4n) is 3.26. The lowest BCUT2D eigenvalue weighted by atomic mass is 9.97. The van der Waals surface area contributed by atoms with Crippen LogP contribution in [-0.4, -0.2) is 22.6 Å². The lowest BCUT2D eigenvalue weighted by Gasteiger charge is -2.28. The van der Waals surface area contributed by atoms with Gasteiger partial charge in [0.05, 0.1) is 11.1 Å². The second kappa shape index (κ2) is 5.37. The Balaban J connectivity index is 2.20. The standard InChI is InChI=1S/C15H25N3O/c1-4-18-11(2)9-13(12(18)3)14(19)17-15(10-16)7-5-6-8-15/h9H,4-8,10,16H2,1-3H3,(H,17,19). The van der Waals surface area contributed by atoms with Crippen LogP contribution in [0.3, 0.4) is 0 Å². The van der Waals surface area contributed by atoms with Crippen molar-refractivity contribution in [3.05, 3.63) is 23.0 Å². The SMILES string of the molecule is CCn1c(C)cc(C(=O)NC2(CN)CCCC2)c1C. The Morgan fingerprint density at radius 1 is 1.42 bits per heavy atom. The van der Waals surface area contributed by atoms with Gasteiger partial charge in [-0.1, -0.05) is 12.8 Å². The third-order valence-electron chi connectivity index (χ3n) is 4.46. The predicted molar refractivity (Wildman–Crippen MR) is 77.3 cm³/mol. The van der Waals surface area contributed by atoms with E-state index in [1.165, 1.54) is 0 Å². The van der Waals surface area contributed by atoms with Gasteiger partial charge in [0, 0.05) is 24.5 Å². The third-order valence-corrected chi connectivity index (χ3v) is 4.46. The van der Waals surface area contributed by atoms with Gasteiger partial charge in [0.1, 0.15) is 0 Å². The van der Waals surface area contributed by atoms with E-state index in [-0.39, 0.29) is 11.4 Å². The van der Waals surface area contributed by atoms with Gasteiger partial charge in [-0.15, -0.1) is 0 Å². The molecule has 0 unspecified atom stereocenters. The van der Waals surface area contributed by atoms with Crippen molar-refractivity contribution in [2.75, 3.05) is 6.54 Å². The smallest absolute Gasteiger partial charge is 0.253 e. The van der Waals surface area contributed by atoms with Gasteiger partial charge < -0.3 is 15.6 Å². The first-order valence-corrected chi connectivity index (χ1v) is 7.22. The molecule has 1 aliphatic carbocycles. The number of hydrogen-bond donors (Lipinski definition) is 2. The van der Waals surface area contributed by atoms with Crippen molar-refractivity contribution in [1.82, 2.24) is 9.88 Å². The van der Waals surface area contributed by atoms with Gasteiger partial charge in [-0.25, -0.2) is 0 Å². The van der Waals surface area contributed by atoms with E-state index in [9.17, 15) is 4.79 Å². The zero-order valence-corrected chi connectivity index (χ0v) is 12.3. The minimum Gasteiger partial charge on any atom is -0.349 e. The Morgan fingerprint density at radius 2 is 2.05 bits per heavy atom. The molecule has 0 radical (unpaired) electrons. The highest BCUT2D eigenvalue weighted by Crippen LogP contribution is 2.29. The first kappa shape index (κ1) is 14.1. The van der Waals surface area contributed by atoms with Gasteiger partial charge in [0.2, 0.25) is 0 Å². The van der Waals surface area contributed by atoms with Gasteiger partial charge >= 0.3 is 0 Å². The average molecular weight is 263 g/mol. The number of hydrogen-bond acceptors (Lipinski definition) is 2. The highest BCUT2D eigenvalue weighted by Gasteiger charge is 2.34. The van der Waals surface area contributed by atoms with Gasteiger partial charge in [-0.05, 0) is 39.7 Å². The minimum absolute atomic E-state index is 0.0279. The summed E-state index contributed by atoms with van der Waals surface area (Å²) in [7, 11) is 0. The second-order valence-electron chi connectivity index (χ2n) is 5.67. The molecule has 1 fully saturated rings. The maximum absolute atomic E-state index is 12.5. The van der Waals surface area contributed by atoms with Crippen LogP contribution in [0.4, 0.5) is 0 Å². The van der Waals surface area contributed by atoms with E-state index >= 15 is 0 Å². The van der Waals surface area contributed by atoms with Gasteiger partial charge in [0.15, 0.2) is 0 Å². The molecule has 3 N–H and O–H groups in total. The molecular formula is C15H25N3O. The van der Waals surface area contributed by atoms with Crippen molar-refractivity contribution in [3.63, 3.8) is 0 Å². The van der Waals surface area contributed by atoms with Crippen LogP contribution in [0.15, 0.2) is 6.07 Å². The van der Waals surface area contributed by atoms with Crippen LogP contribution in [0.5, 0.6) is 0 Å². The third kappa shape index (κ3) is 2.54. The van der Waals surface area contributed by atoms with Gasteiger partial charge in [0.25, 0.3) is 5.91 Å².